The summed E-state index contributed by atoms with van der Waals surface area (Å²) in [5.41, 5.74) is 9.85. The molecule has 3 amide bonds. The average molecular weight is 653 g/mol. The number of aliphatic hydroxyl groups excluding tert-OH is 1. The Kier molecular flexibility index (Phi) is 9.39. The first-order valence-electron chi connectivity index (χ1n) is 12.7. The van der Waals surface area contributed by atoms with Gasteiger partial charge in [0.1, 0.15) is 18.0 Å². The number of aromatic nitrogens is 4. The lowest BCUT2D eigenvalue weighted by Gasteiger charge is -2.50. The normalized spacial score (nSPS) is 18.4. The highest BCUT2D eigenvalue weighted by molar-refractivity contribution is 8.00. The highest BCUT2D eigenvalue weighted by Crippen LogP contribution is 2.40. The number of amides is 3. The van der Waals surface area contributed by atoms with Crippen molar-refractivity contribution in [2.24, 2.45) is 5.16 Å². The summed E-state index contributed by atoms with van der Waals surface area (Å²) in [6.07, 6.45) is 2.08. The second-order valence-corrected chi connectivity index (χ2v) is 11.8. The molecule has 44 heavy (non-hydrogen) atoms. The van der Waals surface area contributed by atoms with Crippen LogP contribution in [0.5, 0.6) is 0 Å². The Balaban J connectivity index is 1.58. The van der Waals surface area contributed by atoms with Gasteiger partial charge in [0.05, 0.1) is 30.4 Å². The molecule has 19 nitrogen and oxygen atoms in total. The molecular weight excluding hydrogens is 624 g/mol. The van der Waals surface area contributed by atoms with Gasteiger partial charge in [-0.3, -0.25) is 19.3 Å². The van der Waals surface area contributed by atoms with Gasteiger partial charge in [-0.05, 0) is 13.8 Å². The van der Waals surface area contributed by atoms with Gasteiger partial charge in [-0.25, -0.2) is 4.79 Å². The maximum absolute atomic E-state index is 13.2. The number of nitrogens with two attached hydrogens (primary N) is 2. The van der Waals surface area contributed by atoms with E-state index in [0.29, 0.717) is 17.5 Å². The SMILES string of the molecule is CC(C)(O/N=C(/C(=O)N[C@@H]1C(=O)N2C(C(=O)[O-])=C(C[n+]3cc(CNC=O)c(N)n3CCO)CS[C@H]12)c1nsc(N)n1)C(=O)O. The van der Waals surface area contributed by atoms with Crippen molar-refractivity contribution >= 4 is 70.1 Å². The van der Waals surface area contributed by atoms with Gasteiger partial charge in [-0.1, -0.05) is 5.16 Å². The summed E-state index contributed by atoms with van der Waals surface area (Å²) in [5, 5.41) is 38.8. The number of carboxylic acid groups (broad SMARTS) is 2. The van der Waals surface area contributed by atoms with Crippen LogP contribution in [0.3, 0.4) is 0 Å². The fourth-order valence-corrected chi connectivity index (χ4v) is 6.06. The number of nitrogens with one attached hydrogen (secondary N) is 2. The summed E-state index contributed by atoms with van der Waals surface area (Å²) in [4.78, 5) is 70.8. The van der Waals surface area contributed by atoms with Crippen LogP contribution in [0, 0.1) is 0 Å². The Morgan fingerprint density at radius 2 is 2.09 bits per heavy atom. The molecule has 1 fully saturated rings. The number of oxime groups is 1. The number of anilines is 2. The monoisotopic (exact) mass is 652 g/mol. The molecule has 8 N–H and O–H groups in total. The van der Waals surface area contributed by atoms with Gasteiger partial charge in [0.25, 0.3) is 11.8 Å². The highest BCUT2D eigenvalue weighted by atomic mass is 32.2. The van der Waals surface area contributed by atoms with E-state index in [0.717, 1.165) is 16.4 Å². The third-order valence-corrected chi connectivity index (χ3v) is 8.42. The molecule has 1 saturated heterocycles. The van der Waals surface area contributed by atoms with Gasteiger partial charge >= 0.3 is 5.97 Å². The quantitative estimate of drug-likeness (QED) is 0.0370. The van der Waals surface area contributed by atoms with Gasteiger partial charge in [-0.15, -0.1) is 21.1 Å². The standard InChI is InChI=1S/C23H28N10O9S2/c1-23(2,21(40)41)42-29-12(16-28-22(25)44-30-16)17(36)27-13-18(37)33-14(20(38)39)11(8-43-19(13)33)7-31-6-10(5-26-9-35)15(24)32(31)3-4-34/h6,9,13,19,24,34H,3-5,7-8H2,1-2H3,(H6,25,26,27,28,30,35,36,38,39,40,41)/b29-12+/t13-,19-/m1/s1. The number of hydrogen-bond donors (Lipinski definition) is 6. The molecule has 0 aromatic carbocycles. The zero-order valence-electron chi connectivity index (χ0n) is 23.3. The van der Waals surface area contributed by atoms with Crippen molar-refractivity contribution in [2.45, 2.75) is 50.5 Å². The number of rotatable bonds is 14. The zero-order valence-corrected chi connectivity index (χ0v) is 24.9. The van der Waals surface area contributed by atoms with Crippen LogP contribution in [-0.2, 0) is 48.4 Å². The molecule has 2 aliphatic rings. The smallest absolute Gasteiger partial charge is 0.350 e. The first-order valence-corrected chi connectivity index (χ1v) is 14.6. The maximum Gasteiger partial charge on any atom is 0.350 e. The topological polar surface area (TPSA) is 284 Å². The molecule has 0 spiro atoms. The molecule has 236 valence electrons. The van der Waals surface area contributed by atoms with Crippen molar-refractivity contribution in [1.29, 1.82) is 0 Å². The molecule has 0 radical (unpaired) electrons. The van der Waals surface area contributed by atoms with E-state index in [1.54, 1.807) is 10.9 Å². The third-order valence-electron chi connectivity index (χ3n) is 6.54. The molecule has 0 aliphatic carbocycles. The Morgan fingerprint density at radius 3 is 2.68 bits per heavy atom. The number of fused-ring (bicyclic) bond motifs is 1. The van der Waals surface area contributed by atoms with E-state index < -0.39 is 46.5 Å². The number of carbonyl (C=O) groups is 5. The first kappa shape index (κ1) is 32.2. The summed E-state index contributed by atoms with van der Waals surface area (Å²) in [6.45, 7) is 2.25. The minimum absolute atomic E-state index is 0.0140. The molecule has 2 aliphatic heterocycles. The predicted molar refractivity (Wildman–Crippen MR) is 150 cm³/mol. The van der Waals surface area contributed by atoms with Crippen LogP contribution in [0.15, 0.2) is 22.6 Å². The number of hydrogen-bond acceptors (Lipinski definition) is 15. The maximum atomic E-state index is 13.2. The molecule has 4 heterocycles. The molecule has 0 unspecified atom stereocenters. The van der Waals surface area contributed by atoms with Crippen molar-refractivity contribution in [3.63, 3.8) is 0 Å². The largest absolute Gasteiger partial charge is 0.543 e. The van der Waals surface area contributed by atoms with Crippen molar-refractivity contribution in [2.75, 3.05) is 23.8 Å². The molecule has 4 rings (SSSR count). The van der Waals surface area contributed by atoms with Crippen LogP contribution in [-0.4, -0.2) is 94.4 Å². The summed E-state index contributed by atoms with van der Waals surface area (Å²) >= 11 is 1.92. The minimum Gasteiger partial charge on any atom is -0.543 e. The van der Waals surface area contributed by atoms with E-state index in [-0.39, 0.29) is 54.5 Å². The van der Waals surface area contributed by atoms with Gasteiger partial charge in [0.15, 0.2) is 17.5 Å². The van der Waals surface area contributed by atoms with E-state index in [1.807, 2.05) is 0 Å². The predicted octanol–water partition coefficient (Wildman–Crippen LogP) is -4.28. The number of carboxylic acids is 2. The van der Waals surface area contributed by atoms with E-state index in [9.17, 15) is 39.3 Å². The number of nitrogen functional groups attached to an aromatic ring is 2. The van der Waals surface area contributed by atoms with Gasteiger partial charge in [0, 0.05) is 22.9 Å². The Labute approximate surface area is 256 Å². The van der Waals surface area contributed by atoms with Gasteiger partial charge < -0.3 is 47.1 Å². The second-order valence-electron chi connectivity index (χ2n) is 9.89. The third kappa shape index (κ3) is 6.28. The van der Waals surface area contributed by atoms with Gasteiger partial charge in [-0.2, -0.15) is 9.36 Å². The Morgan fingerprint density at radius 1 is 1.36 bits per heavy atom. The second kappa shape index (κ2) is 12.9. The van der Waals surface area contributed by atoms with Crippen LogP contribution in [0.1, 0.15) is 25.2 Å². The molecule has 0 saturated carbocycles. The lowest BCUT2D eigenvalue weighted by atomic mass is 10.0. The average Bonchev–Trinajstić information content (AvgIpc) is 3.52. The Bertz CT molecular complexity index is 1570. The van der Waals surface area contributed by atoms with Crippen molar-refractivity contribution < 1.29 is 48.8 Å². The first-order chi connectivity index (χ1) is 20.8. The molecule has 2 aromatic rings. The van der Waals surface area contributed by atoms with Crippen LogP contribution in [0.2, 0.25) is 0 Å². The summed E-state index contributed by atoms with van der Waals surface area (Å²) in [6, 6.07) is -1.19. The Hall–Kier alpha value is -4.76. The number of thioether (sulfide) groups is 1. The fraction of sp³-hybridized carbons (Fsp3) is 0.435. The van der Waals surface area contributed by atoms with Crippen LogP contribution in [0.25, 0.3) is 0 Å². The minimum atomic E-state index is -1.83. The fourth-order valence-electron chi connectivity index (χ4n) is 4.29. The van der Waals surface area contributed by atoms with E-state index >= 15 is 0 Å². The van der Waals surface area contributed by atoms with Crippen molar-refractivity contribution in [1.82, 2.24) is 29.6 Å². The number of aliphatic hydroxyl groups is 1. The number of β-lactam (4-membered cyclic amide) rings is 1. The molecule has 0 bridgehead atoms. The zero-order chi connectivity index (χ0) is 32.3. The summed E-state index contributed by atoms with van der Waals surface area (Å²) < 4.78 is 6.97. The van der Waals surface area contributed by atoms with Crippen molar-refractivity contribution in [3.8, 4) is 0 Å². The van der Waals surface area contributed by atoms with E-state index in [2.05, 4.69) is 25.1 Å². The number of aliphatic carboxylic acids is 2. The van der Waals surface area contributed by atoms with E-state index in [1.165, 1.54) is 30.3 Å². The lowest BCUT2D eigenvalue weighted by Crippen LogP contribution is -2.71. The van der Waals surface area contributed by atoms with Gasteiger partial charge in [0.2, 0.25) is 29.7 Å². The van der Waals surface area contributed by atoms with Crippen LogP contribution in [0.4, 0.5) is 10.9 Å². The van der Waals surface area contributed by atoms with Crippen LogP contribution < -0.4 is 31.9 Å². The lowest BCUT2D eigenvalue weighted by molar-refractivity contribution is -0.767. The summed E-state index contributed by atoms with van der Waals surface area (Å²) in [5.74, 6) is -4.64. The molecule has 2 atom stereocenters. The number of carbonyl (C=O) groups excluding carboxylic acids is 4. The molecule has 21 heteroatoms. The molecule has 2 aromatic heterocycles. The molecular formula is C23H28N10O9S2. The van der Waals surface area contributed by atoms with E-state index in [4.69, 9.17) is 16.3 Å². The number of nitrogens with zero attached hydrogens (tertiary/aromatic N) is 6. The highest BCUT2D eigenvalue weighted by Gasteiger charge is 2.53. The van der Waals surface area contributed by atoms with Crippen LogP contribution >= 0.6 is 23.3 Å². The summed E-state index contributed by atoms with van der Waals surface area (Å²) in [7, 11) is 0. The van der Waals surface area contributed by atoms with Crippen molar-refractivity contribution in [3.05, 3.63) is 28.9 Å².